The fourth-order valence-corrected chi connectivity index (χ4v) is 2.84. The average Bonchev–Trinajstić information content (AvgIpc) is 3.14. The van der Waals surface area contributed by atoms with Crippen LogP contribution in [0, 0.1) is 5.92 Å². The van der Waals surface area contributed by atoms with Crippen molar-refractivity contribution < 1.29 is 13.2 Å². The fraction of sp³-hybridized carbons (Fsp3) is 0.583. The first-order valence-electron chi connectivity index (χ1n) is 5.84. The van der Waals surface area contributed by atoms with E-state index in [0.717, 1.165) is 23.9 Å². The highest BCUT2D eigenvalue weighted by Crippen LogP contribution is 2.35. The Kier molecular flexibility index (Phi) is 4.17. The Morgan fingerprint density at radius 2 is 2.17 bits per heavy atom. The van der Waals surface area contributed by atoms with Crippen LogP contribution >= 0.6 is 11.8 Å². The summed E-state index contributed by atoms with van der Waals surface area (Å²) in [6.07, 6.45) is -0.926. The van der Waals surface area contributed by atoms with Gasteiger partial charge in [-0.15, -0.1) is 11.8 Å². The molecule has 1 atom stereocenters. The van der Waals surface area contributed by atoms with Gasteiger partial charge in [0.2, 0.25) is 0 Å². The molecule has 1 aromatic heterocycles. The molecule has 2 nitrogen and oxygen atoms in total. The molecule has 1 heterocycles. The van der Waals surface area contributed by atoms with Gasteiger partial charge in [0.15, 0.2) is 0 Å². The number of thioether (sulfide) groups is 1. The number of hydrogen-bond donors (Lipinski definition) is 1. The minimum Gasteiger partial charge on any atom is -0.316 e. The SMILES string of the molecule is CNC(CSc1ccc(C(F)(F)F)cn1)C1CC1. The van der Waals surface area contributed by atoms with Gasteiger partial charge in [0, 0.05) is 18.0 Å². The van der Waals surface area contributed by atoms with Crippen molar-refractivity contribution in [2.24, 2.45) is 5.92 Å². The molecule has 1 unspecified atom stereocenters. The molecule has 1 aliphatic rings. The number of halogens is 3. The lowest BCUT2D eigenvalue weighted by atomic mass is 10.2. The molecule has 1 fully saturated rings. The predicted octanol–water partition coefficient (Wildman–Crippen LogP) is 3.19. The van der Waals surface area contributed by atoms with Crippen molar-refractivity contribution >= 4 is 11.8 Å². The van der Waals surface area contributed by atoms with Crippen LogP contribution in [0.5, 0.6) is 0 Å². The quantitative estimate of drug-likeness (QED) is 0.836. The third kappa shape index (κ3) is 3.62. The van der Waals surface area contributed by atoms with E-state index in [-0.39, 0.29) is 0 Å². The van der Waals surface area contributed by atoms with Crippen LogP contribution in [0.4, 0.5) is 13.2 Å². The number of rotatable bonds is 5. The molecule has 0 bridgehead atoms. The molecular weight excluding hydrogens is 261 g/mol. The maximum atomic E-state index is 12.3. The first kappa shape index (κ1) is 13.7. The van der Waals surface area contributed by atoms with Crippen molar-refractivity contribution in [3.05, 3.63) is 23.9 Å². The topological polar surface area (TPSA) is 24.9 Å². The summed E-state index contributed by atoms with van der Waals surface area (Å²) in [7, 11) is 1.92. The molecule has 1 saturated carbocycles. The van der Waals surface area contributed by atoms with E-state index in [4.69, 9.17) is 0 Å². The van der Waals surface area contributed by atoms with Gasteiger partial charge in [-0.05, 0) is 37.9 Å². The van der Waals surface area contributed by atoms with Crippen molar-refractivity contribution in [3.63, 3.8) is 0 Å². The molecule has 0 saturated heterocycles. The van der Waals surface area contributed by atoms with Crippen molar-refractivity contribution in [1.29, 1.82) is 0 Å². The Balaban J connectivity index is 1.90. The van der Waals surface area contributed by atoms with Gasteiger partial charge in [-0.3, -0.25) is 0 Å². The van der Waals surface area contributed by atoms with E-state index in [2.05, 4.69) is 10.3 Å². The summed E-state index contributed by atoms with van der Waals surface area (Å²) >= 11 is 1.50. The Hall–Kier alpha value is -0.750. The highest BCUT2D eigenvalue weighted by atomic mass is 32.2. The molecule has 0 amide bonds. The molecule has 0 aromatic carbocycles. The van der Waals surface area contributed by atoms with Gasteiger partial charge in [0.25, 0.3) is 0 Å². The monoisotopic (exact) mass is 276 g/mol. The zero-order valence-corrected chi connectivity index (χ0v) is 10.8. The molecule has 6 heteroatoms. The molecule has 1 aliphatic carbocycles. The second-order valence-corrected chi connectivity index (χ2v) is 5.47. The van der Waals surface area contributed by atoms with Crippen molar-refractivity contribution in [2.45, 2.75) is 30.1 Å². The number of nitrogens with one attached hydrogen (secondary N) is 1. The number of hydrogen-bond acceptors (Lipinski definition) is 3. The van der Waals surface area contributed by atoms with E-state index in [0.29, 0.717) is 11.1 Å². The van der Waals surface area contributed by atoms with Crippen LogP contribution in [0.25, 0.3) is 0 Å². The lowest BCUT2D eigenvalue weighted by Gasteiger charge is -2.14. The first-order valence-corrected chi connectivity index (χ1v) is 6.82. The molecule has 2 rings (SSSR count). The largest absolute Gasteiger partial charge is 0.417 e. The summed E-state index contributed by atoms with van der Waals surface area (Å²) in [5, 5.41) is 3.88. The lowest BCUT2D eigenvalue weighted by molar-refractivity contribution is -0.137. The summed E-state index contributed by atoms with van der Waals surface area (Å²) in [5.41, 5.74) is -0.695. The Morgan fingerprint density at radius 1 is 1.44 bits per heavy atom. The molecular formula is C12H15F3N2S. The van der Waals surface area contributed by atoms with E-state index in [9.17, 15) is 13.2 Å². The van der Waals surface area contributed by atoms with E-state index in [1.807, 2.05) is 7.05 Å². The lowest BCUT2D eigenvalue weighted by Crippen LogP contribution is -2.29. The zero-order valence-electron chi connectivity index (χ0n) is 10.00. The van der Waals surface area contributed by atoms with E-state index < -0.39 is 11.7 Å². The number of pyridine rings is 1. The number of nitrogens with zero attached hydrogens (tertiary/aromatic N) is 1. The van der Waals surface area contributed by atoms with Gasteiger partial charge in [0.1, 0.15) is 0 Å². The van der Waals surface area contributed by atoms with Crippen LogP contribution in [-0.2, 0) is 6.18 Å². The highest BCUT2D eigenvalue weighted by Gasteiger charge is 2.31. The number of aromatic nitrogens is 1. The fourth-order valence-electron chi connectivity index (χ4n) is 1.76. The summed E-state index contributed by atoms with van der Waals surface area (Å²) < 4.78 is 37.0. The van der Waals surface area contributed by atoms with Crippen molar-refractivity contribution in [2.75, 3.05) is 12.8 Å². The second-order valence-electron chi connectivity index (χ2n) is 4.43. The van der Waals surface area contributed by atoms with Crippen LogP contribution in [-0.4, -0.2) is 23.8 Å². The molecule has 1 aromatic rings. The van der Waals surface area contributed by atoms with Crippen molar-refractivity contribution in [3.8, 4) is 0 Å². The average molecular weight is 276 g/mol. The van der Waals surface area contributed by atoms with Crippen LogP contribution in [0.15, 0.2) is 23.4 Å². The van der Waals surface area contributed by atoms with Gasteiger partial charge in [-0.25, -0.2) is 4.98 Å². The van der Waals surface area contributed by atoms with Gasteiger partial charge >= 0.3 is 6.18 Å². The molecule has 0 radical (unpaired) electrons. The summed E-state index contributed by atoms with van der Waals surface area (Å²) in [5.74, 6) is 1.57. The predicted molar refractivity (Wildman–Crippen MR) is 65.5 cm³/mol. The van der Waals surface area contributed by atoms with E-state index >= 15 is 0 Å². The Labute approximate surface area is 108 Å². The minimum atomic E-state index is -4.31. The molecule has 0 aliphatic heterocycles. The minimum absolute atomic E-state index is 0.430. The second kappa shape index (κ2) is 5.48. The molecule has 0 spiro atoms. The van der Waals surface area contributed by atoms with Crippen LogP contribution < -0.4 is 5.32 Å². The summed E-state index contributed by atoms with van der Waals surface area (Å²) in [4.78, 5) is 3.85. The summed E-state index contributed by atoms with van der Waals surface area (Å²) in [6, 6.07) is 2.95. The smallest absolute Gasteiger partial charge is 0.316 e. The number of alkyl halides is 3. The van der Waals surface area contributed by atoms with Crippen molar-refractivity contribution in [1.82, 2.24) is 10.3 Å². The molecule has 18 heavy (non-hydrogen) atoms. The molecule has 100 valence electrons. The van der Waals surface area contributed by atoms with Crippen LogP contribution in [0.2, 0.25) is 0 Å². The molecule has 1 N–H and O–H groups in total. The van der Waals surface area contributed by atoms with Gasteiger partial charge in [-0.1, -0.05) is 0 Å². The van der Waals surface area contributed by atoms with E-state index in [1.54, 1.807) is 0 Å². The normalized spacial score (nSPS) is 17.8. The van der Waals surface area contributed by atoms with Crippen LogP contribution in [0.1, 0.15) is 18.4 Å². The Bertz CT molecular complexity index is 387. The maximum Gasteiger partial charge on any atom is 0.417 e. The summed E-state index contributed by atoms with van der Waals surface area (Å²) in [6.45, 7) is 0. The third-order valence-corrected chi connectivity index (χ3v) is 4.10. The van der Waals surface area contributed by atoms with Gasteiger partial charge in [-0.2, -0.15) is 13.2 Å². The standard InChI is InChI=1S/C12H15F3N2S/c1-16-10(8-2-3-8)7-18-11-5-4-9(6-17-11)12(13,14)15/h4-6,8,10,16H,2-3,7H2,1H3. The first-order chi connectivity index (χ1) is 8.50. The maximum absolute atomic E-state index is 12.3. The Morgan fingerprint density at radius 3 is 2.61 bits per heavy atom. The van der Waals surface area contributed by atoms with Gasteiger partial charge < -0.3 is 5.32 Å². The highest BCUT2D eigenvalue weighted by molar-refractivity contribution is 7.99. The zero-order chi connectivity index (χ0) is 13.2. The van der Waals surface area contributed by atoms with Gasteiger partial charge in [0.05, 0.1) is 10.6 Å². The third-order valence-electron chi connectivity index (χ3n) is 3.04. The van der Waals surface area contributed by atoms with Crippen LogP contribution in [0.3, 0.4) is 0 Å². The van der Waals surface area contributed by atoms with E-state index in [1.165, 1.54) is 30.7 Å².